The second kappa shape index (κ2) is 5.03. The molecule has 0 aliphatic carbocycles. The van der Waals surface area contributed by atoms with Crippen LogP contribution in [0, 0.1) is 0 Å². The van der Waals surface area contributed by atoms with Crippen molar-refractivity contribution in [2.75, 3.05) is 19.8 Å². The second-order valence-electron chi connectivity index (χ2n) is 6.04. The molecule has 6 nitrogen and oxygen atoms in total. The Morgan fingerprint density at radius 2 is 1.83 bits per heavy atom. The third kappa shape index (κ3) is 4.44. The van der Waals surface area contributed by atoms with Crippen molar-refractivity contribution in [1.82, 2.24) is 5.32 Å². The van der Waals surface area contributed by atoms with Gasteiger partial charge in [0.1, 0.15) is 11.1 Å². The number of carbonyl (C=O) groups excluding carboxylic acids is 1. The van der Waals surface area contributed by atoms with Gasteiger partial charge in [0.2, 0.25) is 0 Å². The Labute approximate surface area is 108 Å². The SMILES string of the molecule is CC(C)(C)OC(=O)NC1(CO)COC(C)(C)OC1. The summed E-state index contributed by atoms with van der Waals surface area (Å²) in [4.78, 5) is 11.7. The number of alkyl carbamates (subject to hydrolysis) is 1. The molecule has 1 aliphatic rings. The summed E-state index contributed by atoms with van der Waals surface area (Å²) < 4.78 is 16.0. The molecule has 1 amide bonds. The fourth-order valence-electron chi connectivity index (χ4n) is 1.43. The summed E-state index contributed by atoms with van der Waals surface area (Å²) in [6, 6.07) is 0. The quantitative estimate of drug-likeness (QED) is 0.776. The Kier molecular flexibility index (Phi) is 4.25. The summed E-state index contributed by atoms with van der Waals surface area (Å²) >= 11 is 0. The fourth-order valence-corrected chi connectivity index (χ4v) is 1.43. The highest BCUT2D eigenvalue weighted by atomic mass is 16.7. The maximum Gasteiger partial charge on any atom is 0.408 e. The van der Waals surface area contributed by atoms with Gasteiger partial charge in [-0.25, -0.2) is 4.79 Å². The van der Waals surface area contributed by atoms with Crippen LogP contribution in [0.1, 0.15) is 34.6 Å². The molecule has 0 bridgehead atoms. The molecule has 0 aromatic rings. The molecule has 1 aliphatic heterocycles. The molecule has 0 atom stereocenters. The van der Waals surface area contributed by atoms with Crippen LogP contribution in [0.3, 0.4) is 0 Å². The Balaban J connectivity index is 2.60. The lowest BCUT2D eigenvalue weighted by Crippen LogP contribution is -2.63. The minimum Gasteiger partial charge on any atom is -0.444 e. The molecule has 6 heteroatoms. The Hall–Kier alpha value is -0.850. The van der Waals surface area contributed by atoms with Crippen LogP contribution in [0.5, 0.6) is 0 Å². The van der Waals surface area contributed by atoms with Crippen molar-refractivity contribution < 1.29 is 24.1 Å². The highest BCUT2D eigenvalue weighted by Crippen LogP contribution is 2.23. The fraction of sp³-hybridized carbons (Fsp3) is 0.917. The third-order valence-corrected chi connectivity index (χ3v) is 2.46. The van der Waals surface area contributed by atoms with E-state index in [-0.39, 0.29) is 19.8 Å². The van der Waals surface area contributed by atoms with E-state index in [1.807, 2.05) is 0 Å². The van der Waals surface area contributed by atoms with Gasteiger partial charge < -0.3 is 24.6 Å². The minimum atomic E-state index is -0.947. The van der Waals surface area contributed by atoms with E-state index in [0.29, 0.717) is 0 Å². The number of hydrogen-bond donors (Lipinski definition) is 2. The van der Waals surface area contributed by atoms with Crippen molar-refractivity contribution in [3.8, 4) is 0 Å². The largest absolute Gasteiger partial charge is 0.444 e. The summed E-state index contributed by atoms with van der Waals surface area (Å²) in [5, 5.41) is 12.0. The van der Waals surface area contributed by atoms with E-state index in [1.165, 1.54) is 0 Å². The van der Waals surface area contributed by atoms with Gasteiger partial charge in [0.15, 0.2) is 5.79 Å². The topological polar surface area (TPSA) is 77.0 Å². The van der Waals surface area contributed by atoms with Crippen LogP contribution in [0.2, 0.25) is 0 Å². The van der Waals surface area contributed by atoms with Gasteiger partial charge in [-0.2, -0.15) is 0 Å². The van der Waals surface area contributed by atoms with Crippen LogP contribution in [0.4, 0.5) is 4.79 Å². The number of rotatable bonds is 2. The van der Waals surface area contributed by atoms with Gasteiger partial charge >= 0.3 is 6.09 Å². The van der Waals surface area contributed by atoms with Crippen LogP contribution >= 0.6 is 0 Å². The summed E-state index contributed by atoms with van der Waals surface area (Å²) in [5.41, 5.74) is -1.53. The van der Waals surface area contributed by atoms with Gasteiger partial charge in [-0.05, 0) is 34.6 Å². The number of hydrogen-bond acceptors (Lipinski definition) is 5. The van der Waals surface area contributed by atoms with Crippen LogP contribution in [-0.4, -0.2) is 47.9 Å². The molecule has 1 rings (SSSR count). The van der Waals surface area contributed by atoms with Crippen molar-refractivity contribution in [2.45, 2.75) is 51.5 Å². The zero-order chi connectivity index (χ0) is 14.0. The number of carbonyl (C=O) groups is 1. The van der Waals surface area contributed by atoms with Crippen molar-refractivity contribution in [1.29, 1.82) is 0 Å². The molecule has 2 N–H and O–H groups in total. The van der Waals surface area contributed by atoms with E-state index in [2.05, 4.69) is 5.32 Å². The van der Waals surface area contributed by atoms with Gasteiger partial charge in [-0.3, -0.25) is 0 Å². The maximum absolute atomic E-state index is 11.7. The first kappa shape index (κ1) is 15.2. The van der Waals surface area contributed by atoms with E-state index in [1.54, 1.807) is 34.6 Å². The number of amides is 1. The lowest BCUT2D eigenvalue weighted by molar-refractivity contribution is -0.274. The van der Waals surface area contributed by atoms with Crippen molar-refractivity contribution in [3.63, 3.8) is 0 Å². The molecule has 0 unspecified atom stereocenters. The van der Waals surface area contributed by atoms with E-state index in [9.17, 15) is 9.90 Å². The molecule has 106 valence electrons. The molecule has 0 saturated carbocycles. The minimum absolute atomic E-state index is 0.176. The van der Waals surface area contributed by atoms with Crippen LogP contribution in [-0.2, 0) is 14.2 Å². The third-order valence-electron chi connectivity index (χ3n) is 2.46. The highest BCUT2D eigenvalue weighted by Gasteiger charge is 2.41. The predicted octanol–water partition coefficient (Wildman–Crippen LogP) is 1.03. The number of nitrogens with one attached hydrogen (secondary N) is 1. The monoisotopic (exact) mass is 261 g/mol. The predicted molar refractivity (Wildman–Crippen MR) is 65.2 cm³/mol. The summed E-state index contributed by atoms with van der Waals surface area (Å²) in [5.74, 6) is -0.700. The first-order chi connectivity index (χ1) is 8.08. The molecule has 0 aromatic carbocycles. The van der Waals surface area contributed by atoms with Gasteiger partial charge in [-0.1, -0.05) is 0 Å². The molecular weight excluding hydrogens is 238 g/mol. The first-order valence-electron chi connectivity index (χ1n) is 5.97. The van der Waals surface area contributed by atoms with Crippen molar-refractivity contribution >= 4 is 6.09 Å². The zero-order valence-corrected chi connectivity index (χ0v) is 11.7. The van der Waals surface area contributed by atoms with Gasteiger partial charge in [0, 0.05) is 0 Å². The van der Waals surface area contributed by atoms with E-state index < -0.39 is 23.0 Å². The second-order valence-corrected chi connectivity index (χ2v) is 6.04. The van der Waals surface area contributed by atoms with Crippen LogP contribution in [0.25, 0.3) is 0 Å². The lowest BCUT2D eigenvalue weighted by Gasteiger charge is -2.42. The maximum atomic E-state index is 11.7. The van der Waals surface area contributed by atoms with Crippen molar-refractivity contribution in [3.05, 3.63) is 0 Å². The lowest BCUT2D eigenvalue weighted by atomic mass is 10.0. The molecule has 1 heterocycles. The van der Waals surface area contributed by atoms with E-state index in [4.69, 9.17) is 14.2 Å². The average molecular weight is 261 g/mol. The average Bonchev–Trinajstić information content (AvgIpc) is 2.19. The molecule has 0 radical (unpaired) electrons. The molecule has 0 spiro atoms. The Morgan fingerprint density at radius 3 is 2.22 bits per heavy atom. The molecule has 1 saturated heterocycles. The molecule has 1 fully saturated rings. The molecule has 0 aromatic heterocycles. The van der Waals surface area contributed by atoms with Crippen LogP contribution in [0.15, 0.2) is 0 Å². The summed E-state index contributed by atoms with van der Waals surface area (Å²) in [6.07, 6.45) is -0.594. The normalized spacial score (nSPS) is 22.3. The molecular formula is C12H23NO5. The number of ether oxygens (including phenoxy) is 3. The first-order valence-corrected chi connectivity index (χ1v) is 5.97. The van der Waals surface area contributed by atoms with Gasteiger partial charge in [0.25, 0.3) is 0 Å². The van der Waals surface area contributed by atoms with Crippen molar-refractivity contribution in [2.24, 2.45) is 0 Å². The smallest absolute Gasteiger partial charge is 0.408 e. The van der Waals surface area contributed by atoms with Crippen LogP contribution < -0.4 is 5.32 Å². The number of aliphatic hydroxyl groups excluding tert-OH is 1. The summed E-state index contributed by atoms with van der Waals surface area (Å²) in [6.45, 7) is 8.96. The van der Waals surface area contributed by atoms with E-state index in [0.717, 1.165) is 0 Å². The van der Waals surface area contributed by atoms with Gasteiger partial charge in [-0.15, -0.1) is 0 Å². The Morgan fingerprint density at radius 1 is 1.33 bits per heavy atom. The Bertz CT molecular complexity index is 298. The highest BCUT2D eigenvalue weighted by molar-refractivity contribution is 5.69. The van der Waals surface area contributed by atoms with Gasteiger partial charge in [0.05, 0.1) is 19.8 Å². The van der Waals surface area contributed by atoms with E-state index >= 15 is 0 Å². The number of aliphatic hydroxyl groups is 1. The zero-order valence-electron chi connectivity index (χ0n) is 11.7. The summed E-state index contributed by atoms with van der Waals surface area (Å²) in [7, 11) is 0. The molecule has 18 heavy (non-hydrogen) atoms. The standard InChI is InChI=1S/C12H23NO5/c1-10(2,3)18-9(15)13-12(6-14)7-16-11(4,5)17-8-12/h14H,6-8H2,1-5H3,(H,13,15).